The Morgan fingerprint density at radius 1 is 1.29 bits per heavy atom. The zero-order chi connectivity index (χ0) is 16.4. The molecule has 1 unspecified atom stereocenters. The third-order valence-electron chi connectivity index (χ3n) is 4.88. The molecular formula is C17H20N4O2S. The van der Waals surface area contributed by atoms with Crippen LogP contribution in [-0.4, -0.2) is 52.1 Å². The minimum absolute atomic E-state index is 0.193. The Morgan fingerprint density at radius 2 is 2.17 bits per heavy atom. The van der Waals surface area contributed by atoms with E-state index in [9.17, 15) is 4.79 Å². The van der Waals surface area contributed by atoms with Crippen LogP contribution >= 0.6 is 11.3 Å². The Bertz CT molecular complexity index is 712. The zero-order valence-electron chi connectivity index (χ0n) is 13.5. The van der Waals surface area contributed by atoms with Gasteiger partial charge in [0.05, 0.1) is 12.3 Å². The fourth-order valence-corrected chi connectivity index (χ4v) is 4.26. The van der Waals surface area contributed by atoms with E-state index in [1.165, 1.54) is 0 Å². The van der Waals surface area contributed by atoms with E-state index in [4.69, 9.17) is 4.74 Å². The van der Waals surface area contributed by atoms with Crippen LogP contribution in [0.5, 0.6) is 0 Å². The molecule has 2 aliphatic rings. The van der Waals surface area contributed by atoms with Gasteiger partial charge in [0.15, 0.2) is 10.8 Å². The van der Waals surface area contributed by atoms with Crippen LogP contribution in [0.4, 0.5) is 0 Å². The van der Waals surface area contributed by atoms with Crippen LogP contribution in [0.2, 0.25) is 0 Å². The first-order valence-electron chi connectivity index (χ1n) is 8.31. The molecule has 2 saturated heterocycles. The number of aromatic nitrogens is 3. The second kappa shape index (κ2) is 6.57. The maximum Gasteiger partial charge on any atom is 0.222 e. The summed E-state index contributed by atoms with van der Waals surface area (Å²) in [6, 6.07) is 1.79. The maximum atomic E-state index is 12.2. The molecule has 1 atom stereocenters. The Morgan fingerprint density at radius 3 is 2.96 bits per heavy atom. The predicted molar refractivity (Wildman–Crippen MR) is 90.5 cm³/mol. The summed E-state index contributed by atoms with van der Waals surface area (Å²) in [4.78, 5) is 27.3. The van der Waals surface area contributed by atoms with E-state index >= 15 is 0 Å². The lowest BCUT2D eigenvalue weighted by atomic mass is 9.79. The molecule has 0 saturated carbocycles. The summed E-state index contributed by atoms with van der Waals surface area (Å²) in [5, 5.41) is 2.87. The van der Waals surface area contributed by atoms with Crippen molar-refractivity contribution in [2.45, 2.75) is 25.7 Å². The molecule has 2 aromatic heterocycles. The molecule has 1 amide bonds. The highest BCUT2D eigenvalue weighted by Gasteiger charge is 2.41. The number of hydrogen-bond acceptors (Lipinski definition) is 6. The summed E-state index contributed by atoms with van der Waals surface area (Å²) in [6.07, 6.45) is 6.89. The maximum absolute atomic E-state index is 12.2. The smallest absolute Gasteiger partial charge is 0.222 e. The SMILES string of the molecule is O=C1CCC2(CCOC2)CN1CCc1csc(-c2ncccn2)n1. The molecule has 7 heteroatoms. The van der Waals surface area contributed by atoms with Crippen LogP contribution in [0.3, 0.4) is 0 Å². The molecule has 4 rings (SSSR count). The van der Waals surface area contributed by atoms with Crippen LogP contribution in [0, 0.1) is 5.41 Å². The molecule has 0 aliphatic carbocycles. The fourth-order valence-electron chi connectivity index (χ4n) is 3.46. The van der Waals surface area contributed by atoms with Crippen LogP contribution in [-0.2, 0) is 16.0 Å². The van der Waals surface area contributed by atoms with Crippen LogP contribution < -0.4 is 0 Å². The Kier molecular flexibility index (Phi) is 4.28. The lowest BCUT2D eigenvalue weighted by Crippen LogP contribution is -2.47. The Balaban J connectivity index is 1.39. The number of ether oxygens (including phenoxy) is 1. The summed E-state index contributed by atoms with van der Waals surface area (Å²) in [6.45, 7) is 3.17. The van der Waals surface area contributed by atoms with E-state index in [1.54, 1.807) is 29.8 Å². The molecule has 126 valence electrons. The van der Waals surface area contributed by atoms with Crippen molar-refractivity contribution in [3.05, 3.63) is 29.5 Å². The lowest BCUT2D eigenvalue weighted by molar-refractivity contribution is -0.137. The highest BCUT2D eigenvalue weighted by molar-refractivity contribution is 7.13. The third kappa shape index (κ3) is 3.18. The van der Waals surface area contributed by atoms with Gasteiger partial charge in [-0.2, -0.15) is 0 Å². The minimum atomic E-state index is 0.193. The summed E-state index contributed by atoms with van der Waals surface area (Å²) < 4.78 is 5.57. The molecule has 24 heavy (non-hydrogen) atoms. The molecule has 0 N–H and O–H groups in total. The average molecular weight is 344 g/mol. The summed E-state index contributed by atoms with van der Waals surface area (Å²) in [5.74, 6) is 0.916. The number of rotatable bonds is 4. The van der Waals surface area contributed by atoms with Gasteiger partial charge in [0, 0.05) is 55.7 Å². The van der Waals surface area contributed by atoms with Crippen molar-refractivity contribution in [1.82, 2.24) is 19.9 Å². The van der Waals surface area contributed by atoms with E-state index in [0.717, 1.165) is 56.3 Å². The van der Waals surface area contributed by atoms with Gasteiger partial charge in [0.1, 0.15) is 0 Å². The number of carbonyl (C=O) groups excluding carboxylic acids is 1. The summed E-state index contributed by atoms with van der Waals surface area (Å²) in [5.41, 5.74) is 1.19. The largest absolute Gasteiger partial charge is 0.381 e. The number of carbonyl (C=O) groups is 1. The lowest BCUT2D eigenvalue weighted by Gasteiger charge is -2.39. The van der Waals surface area contributed by atoms with Crippen molar-refractivity contribution in [2.24, 2.45) is 5.41 Å². The highest BCUT2D eigenvalue weighted by atomic mass is 32.1. The van der Waals surface area contributed by atoms with Crippen molar-refractivity contribution in [1.29, 1.82) is 0 Å². The van der Waals surface area contributed by atoms with Gasteiger partial charge in [-0.3, -0.25) is 4.79 Å². The first-order valence-corrected chi connectivity index (χ1v) is 9.19. The Hall–Kier alpha value is -1.86. The quantitative estimate of drug-likeness (QED) is 0.850. The zero-order valence-corrected chi connectivity index (χ0v) is 14.3. The molecule has 2 aromatic rings. The molecule has 2 fully saturated rings. The molecule has 0 bridgehead atoms. The van der Waals surface area contributed by atoms with Crippen LogP contribution in [0.25, 0.3) is 10.8 Å². The average Bonchev–Trinajstić information content (AvgIpc) is 3.27. The topological polar surface area (TPSA) is 68.2 Å². The minimum Gasteiger partial charge on any atom is -0.381 e. The predicted octanol–water partition coefficient (Wildman–Crippen LogP) is 2.17. The van der Waals surface area contributed by atoms with Gasteiger partial charge in [-0.15, -0.1) is 11.3 Å². The second-order valence-electron chi connectivity index (χ2n) is 6.58. The van der Waals surface area contributed by atoms with E-state index in [0.29, 0.717) is 12.2 Å². The number of likely N-dealkylation sites (tertiary alicyclic amines) is 1. The number of piperidine rings is 1. The normalized spacial score (nSPS) is 24.0. The number of nitrogens with zero attached hydrogens (tertiary/aromatic N) is 4. The van der Waals surface area contributed by atoms with Gasteiger partial charge >= 0.3 is 0 Å². The monoisotopic (exact) mass is 344 g/mol. The molecule has 4 heterocycles. The van der Waals surface area contributed by atoms with Gasteiger partial charge in [-0.05, 0) is 18.9 Å². The number of hydrogen-bond donors (Lipinski definition) is 0. The van der Waals surface area contributed by atoms with Crippen molar-refractivity contribution in [3.63, 3.8) is 0 Å². The van der Waals surface area contributed by atoms with Crippen molar-refractivity contribution in [2.75, 3.05) is 26.3 Å². The van der Waals surface area contributed by atoms with Crippen molar-refractivity contribution < 1.29 is 9.53 Å². The first-order chi connectivity index (χ1) is 11.7. The number of amides is 1. The van der Waals surface area contributed by atoms with Gasteiger partial charge in [0.25, 0.3) is 0 Å². The van der Waals surface area contributed by atoms with E-state index < -0.39 is 0 Å². The highest BCUT2D eigenvalue weighted by Crippen LogP contribution is 2.38. The van der Waals surface area contributed by atoms with Gasteiger partial charge < -0.3 is 9.64 Å². The molecule has 6 nitrogen and oxygen atoms in total. The molecule has 0 aromatic carbocycles. The van der Waals surface area contributed by atoms with Crippen LogP contribution in [0.1, 0.15) is 25.0 Å². The van der Waals surface area contributed by atoms with Crippen molar-refractivity contribution in [3.8, 4) is 10.8 Å². The van der Waals surface area contributed by atoms with Gasteiger partial charge in [-0.25, -0.2) is 15.0 Å². The third-order valence-corrected chi connectivity index (χ3v) is 5.77. The fraction of sp³-hybridized carbons (Fsp3) is 0.529. The summed E-state index contributed by atoms with van der Waals surface area (Å²) >= 11 is 1.55. The number of thiazole rings is 1. The van der Waals surface area contributed by atoms with Gasteiger partial charge in [-0.1, -0.05) is 0 Å². The second-order valence-corrected chi connectivity index (χ2v) is 7.44. The molecule has 2 aliphatic heterocycles. The standard InChI is InChI=1S/C17H20N4O2S/c22-14-2-4-17(5-9-23-12-17)11-21(14)8-3-13-10-24-16(20-13)15-18-6-1-7-19-15/h1,6-7,10H,2-5,8-9,11-12H2. The van der Waals surface area contributed by atoms with Crippen molar-refractivity contribution >= 4 is 17.2 Å². The van der Waals surface area contributed by atoms with Crippen LogP contribution in [0.15, 0.2) is 23.8 Å². The van der Waals surface area contributed by atoms with E-state index in [-0.39, 0.29) is 11.3 Å². The Labute approximate surface area is 144 Å². The summed E-state index contributed by atoms with van der Waals surface area (Å²) in [7, 11) is 0. The molecule has 1 spiro atoms. The van der Waals surface area contributed by atoms with E-state index in [1.807, 2.05) is 10.3 Å². The molecular weight excluding hydrogens is 324 g/mol. The van der Waals surface area contributed by atoms with Gasteiger partial charge in [0.2, 0.25) is 5.91 Å². The first kappa shape index (κ1) is 15.7. The van der Waals surface area contributed by atoms with E-state index in [2.05, 4.69) is 15.0 Å². The molecule has 0 radical (unpaired) electrons.